The van der Waals surface area contributed by atoms with E-state index >= 15 is 0 Å². The molecule has 0 amide bonds. The fourth-order valence-corrected chi connectivity index (χ4v) is 7.51. The molecule has 0 aliphatic carbocycles. The zero-order valence-corrected chi connectivity index (χ0v) is 21.7. The lowest BCUT2D eigenvalue weighted by Crippen LogP contribution is -2.39. The van der Waals surface area contributed by atoms with E-state index < -0.39 is 0 Å². The molecule has 0 saturated carbocycles. The van der Waals surface area contributed by atoms with Crippen LogP contribution in [-0.4, -0.2) is 16.8 Å². The van der Waals surface area contributed by atoms with Crippen LogP contribution in [0.25, 0.3) is 11.1 Å². The Bertz CT molecular complexity index is 1530. The third-order valence-corrected chi connectivity index (χ3v) is 9.15. The van der Waals surface area contributed by atoms with E-state index in [1.165, 1.54) is 11.3 Å². The Morgan fingerprint density at radius 1 is 1.33 bits per heavy atom. The third-order valence-electron chi connectivity index (χ3n) is 5.62. The zero-order valence-electron chi connectivity index (χ0n) is 18.5. The van der Waals surface area contributed by atoms with Gasteiger partial charge in [0.05, 0.1) is 17.1 Å². The summed E-state index contributed by atoms with van der Waals surface area (Å²) < 4.78 is 10.9. The Balaban J connectivity index is 1.63. The summed E-state index contributed by atoms with van der Waals surface area (Å²) in [5.74, 6) is 0.790. The van der Waals surface area contributed by atoms with Gasteiger partial charge in [0.15, 0.2) is 11.9 Å². The molecule has 0 bridgehead atoms. The Morgan fingerprint density at radius 3 is 2.88 bits per heavy atom. The number of hydrogen-bond acceptors (Lipinski definition) is 7. The molecule has 6 nitrogen and oxygen atoms in total. The van der Waals surface area contributed by atoms with E-state index in [2.05, 4.69) is 27.6 Å². The largest absolute Gasteiger partial charge is 0.361 e. The fourth-order valence-electron chi connectivity index (χ4n) is 3.85. The molecule has 1 atom stereocenters. The molecule has 10 heteroatoms. The lowest BCUT2D eigenvalue weighted by Gasteiger charge is -2.12. The maximum absolute atomic E-state index is 13.4. The van der Waals surface area contributed by atoms with Crippen molar-refractivity contribution < 1.29 is 9.09 Å². The Morgan fingerprint density at radius 2 is 2.15 bits per heavy atom. The van der Waals surface area contributed by atoms with Crippen LogP contribution in [0.4, 0.5) is 5.69 Å². The van der Waals surface area contributed by atoms with Crippen molar-refractivity contribution in [1.29, 1.82) is 0 Å². The van der Waals surface area contributed by atoms with Crippen molar-refractivity contribution >= 4 is 62.8 Å². The summed E-state index contributed by atoms with van der Waals surface area (Å²) in [6.45, 7) is 6.59. The van der Waals surface area contributed by atoms with Crippen molar-refractivity contribution in [3.05, 3.63) is 76.9 Å². The number of aromatic nitrogens is 3. The normalized spacial score (nSPS) is 16.5. The summed E-state index contributed by atoms with van der Waals surface area (Å²) in [7, 11) is 2.00. The van der Waals surface area contributed by atoms with Crippen molar-refractivity contribution in [1.82, 2.24) is 9.72 Å². The zero-order chi connectivity index (χ0) is 23.3. The molecule has 0 N–H and O–H groups in total. The van der Waals surface area contributed by atoms with Gasteiger partial charge in [0.1, 0.15) is 20.0 Å². The van der Waals surface area contributed by atoms with Crippen LogP contribution in [0.3, 0.4) is 0 Å². The fraction of sp³-hybridized carbons (Fsp3) is 0.261. The van der Waals surface area contributed by atoms with E-state index in [1.54, 1.807) is 23.1 Å². The van der Waals surface area contributed by atoms with Crippen molar-refractivity contribution in [2.24, 2.45) is 0 Å². The number of hydrogen-bond donors (Lipinski definition) is 0. The van der Waals surface area contributed by atoms with Crippen LogP contribution in [0.5, 0.6) is 0 Å². The van der Waals surface area contributed by atoms with Gasteiger partial charge in [0.25, 0.3) is 10.6 Å². The van der Waals surface area contributed by atoms with Crippen molar-refractivity contribution in [2.75, 3.05) is 11.9 Å². The molecule has 1 aliphatic rings. The van der Waals surface area contributed by atoms with Gasteiger partial charge in [-0.15, -0.1) is 11.3 Å². The predicted octanol–water partition coefficient (Wildman–Crippen LogP) is 3.97. The number of anilines is 1. The lowest BCUT2D eigenvalue weighted by atomic mass is 10.2. The standard InChI is InChI=1S/C23H22ClN4O2S3/c1-5-27-20(12-19-28(8-9-31-19)14(3)16-10-13(2)30-25-16)33-21(22(27)29)23-26(4)17-7-6-15(24)11-18(17)32-23/h6-12,14H,5H2,1-4H3/q+1/b23-21+. The van der Waals surface area contributed by atoms with E-state index in [-0.39, 0.29) is 11.6 Å². The van der Waals surface area contributed by atoms with Crippen LogP contribution in [0.2, 0.25) is 5.02 Å². The SMILES string of the molecule is CCn1c(=O)/c(=C2\Sc3cc(Cl)ccc3N2C)s/c1=C\c1scc[n+]1C(C)c1cc(C)on1. The Kier molecular flexibility index (Phi) is 5.98. The van der Waals surface area contributed by atoms with Gasteiger partial charge in [0.2, 0.25) is 6.04 Å². The van der Waals surface area contributed by atoms with Gasteiger partial charge in [-0.25, -0.2) is 0 Å². The number of benzene rings is 1. The quantitative estimate of drug-likeness (QED) is 0.383. The second-order valence-corrected chi connectivity index (χ2v) is 11.2. The second kappa shape index (κ2) is 8.79. The van der Waals surface area contributed by atoms with Gasteiger partial charge in [-0.3, -0.25) is 9.36 Å². The van der Waals surface area contributed by atoms with Crippen LogP contribution < -0.4 is 24.2 Å². The first-order valence-electron chi connectivity index (χ1n) is 10.5. The molecule has 0 radical (unpaired) electrons. The molecule has 4 aromatic rings. The summed E-state index contributed by atoms with van der Waals surface area (Å²) in [5.41, 5.74) is 1.97. The van der Waals surface area contributed by atoms with Gasteiger partial charge in [-0.05, 0) is 32.0 Å². The summed E-state index contributed by atoms with van der Waals surface area (Å²) in [4.78, 5) is 16.5. The smallest absolute Gasteiger partial charge is 0.271 e. The molecule has 4 heterocycles. The maximum Gasteiger partial charge on any atom is 0.271 e. The number of nitrogens with zero attached hydrogens (tertiary/aromatic N) is 4. The molecular formula is C23H22ClN4O2S3+. The molecule has 1 unspecified atom stereocenters. The van der Waals surface area contributed by atoms with Crippen LogP contribution in [-0.2, 0) is 6.54 Å². The average Bonchev–Trinajstić information content (AvgIpc) is 3.55. The minimum absolute atomic E-state index is 0.0197. The summed E-state index contributed by atoms with van der Waals surface area (Å²) >= 11 is 10.9. The molecule has 0 fully saturated rings. The highest BCUT2D eigenvalue weighted by Gasteiger charge is 2.26. The first-order valence-corrected chi connectivity index (χ1v) is 13.3. The summed E-state index contributed by atoms with van der Waals surface area (Å²) in [6, 6.07) is 7.80. The van der Waals surface area contributed by atoms with Crippen molar-refractivity contribution in [2.45, 2.75) is 38.3 Å². The molecule has 0 spiro atoms. The molecule has 1 aliphatic heterocycles. The number of rotatable bonds is 4. The minimum Gasteiger partial charge on any atom is -0.361 e. The number of thioether (sulfide) groups is 1. The Labute approximate surface area is 208 Å². The van der Waals surface area contributed by atoms with E-state index in [0.29, 0.717) is 11.6 Å². The number of aryl methyl sites for hydroxylation is 1. The maximum atomic E-state index is 13.4. The summed E-state index contributed by atoms with van der Waals surface area (Å²) in [5, 5.41) is 8.91. The molecule has 170 valence electrons. The van der Waals surface area contributed by atoms with Crippen LogP contribution in [0, 0.1) is 6.92 Å². The summed E-state index contributed by atoms with van der Waals surface area (Å²) in [6.07, 6.45) is 4.14. The highest BCUT2D eigenvalue weighted by atomic mass is 35.5. The van der Waals surface area contributed by atoms with Crippen LogP contribution >= 0.6 is 46.0 Å². The average molecular weight is 518 g/mol. The number of thiazole rings is 2. The highest BCUT2D eigenvalue weighted by molar-refractivity contribution is 8.08. The lowest BCUT2D eigenvalue weighted by molar-refractivity contribution is -0.708. The highest BCUT2D eigenvalue weighted by Crippen LogP contribution is 2.46. The second-order valence-electron chi connectivity index (χ2n) is 7.73. The molecular weight excluding hydrogens is 496 g/mol. The molecule has 3 aromatic heterocycles. The first-order chi connectivity index (χ1) is 15.9. The minimum atomic E-state index is 0.0197. The molecule has 1 aromatic carbocycles. The number of fused-ring (bicyclic) bond motifs is 1. The number of halogens is 1. The van der Waals surface area contributed by atoms with Crippen molar-refractivity contribution in [3.63, 3.8) is 0 Å². The van der Waals surface area contributed by atoms with Crippen molar-refractivity contribution in [3.8, 4) is 0 Å². The molecule has 0 saturated heterocycles. The third kappa shape index (κ3) is 3.97. The van der Waals surface area contributed by atoms with Crippen LogP contribution in [0.1, 0.15) is 36.4 Å². The van der Waals surface area contributed by atoms with Gasteiger partial charge >= 0.3 is 0 Å². The molecule has 33 heavy (non-hydrogen) atoms. The van der Waals surface area contributed by atoms with E-state index in [1.807, 2.05) is 61.3 Å². The van der Waals surface area contributed by atoms with E-state index in [9.17, 15) is 4.79 Å². The topological polar surface area (TPSA) is 55.2 Å². The predicted molar refractivity (Wildman–Crippen MR) is 136 cm³/mol. The van der Waals surface area contributed by atoms with Gasteiger partial charge < -0.3 is 9.42 Å². The monoisotopic (exact) mass is 517 g/mol. The van der Waals surface area contributed by atoms with E-state index in [0.717, 1.165) is 41.3 Å². The van der Waals surface area contributed by atoms with Crippen LogP contribution in [0.15, 0.2) is 50.1 Å². The molecule has 5 rings (SSSR count). The van der Waals surface area contributed by atoms with Gasteiger partial charge in [0, 0.05) is 36.5 Å². The van der Waals surface area contributed by atoms with Gasteiger partial charge in [-0.1, -0.05) is 39.9 Å². The first kappa shape index (κ1) is 22.5. The Hall–Kier alpha value is -2.33. The van der Waals surface area contributed by atoms with E-state index in [4.69, 9.17) is 16.1 Å². The van der Waals surface area contributed by atoms with Gasteiger partial charge in [-0.2, -0.15) is 4.57 Å².